The molecule has 0 aliphatic heterocycles. The molecule has 5 heteroatoms. The number of hydrogen-bond acceptors (Lipinski definition) is 5. The summed E-state index contributed by atoms with van der Waals surface area (Å²) in [4.78, 5) is 19.9. The first-order valence-corrected chi connectivity index (χ1v) is 3.84. The largest absolute Gasteiger partial charge is 0.469 e. The van der Waals surface area contributed by atoms with E-state index in [1.54, 1.807) is 6.92 Å². The molecule has 1 atom stereocenters. The van der Waals surface area contributed by atoms with Crippen LogP contribution in [0.5, 0.6) is 0 Å². The summed E-state index contributed by atoms with van der Waals surface area (Å²) < 4.78 is 8.53. The Morgan fingerprint density at radius 2 is 1.85 bits per heavy atom. The number of aliphatic hydroxyl groups is 1. The fourth-order valence-electron chi connectivity index (χ4n) is 0.263. The van der Waals surface area contributed by atoms with E-state index in [1.807, 2.05) is 0 Å². The predicted octanol–water partition coefficient (Wildman–Crippen LogP) is 0.110. The monoisotopic (exact) mass is 192 g/mol. The quantitative estimate of drug-likeness (QED) is 0.628. The van der Waals surface area contributed by atoms with Crippen molar-refractivity contribution in [2.24, 2.45) is 0 Å². The zero-order valence-corrected chi connectivity index (χ0v) is 8.36. The zero-order valence-electron chi connectivity index (χ0n) is 8.36. The minimum absolute atomic E-state index is 0.245. The van der Waals surface area contributed by atoms with Crippen LogP contribution in [0.2, 0.25) is 0 Å². The van der Waals surface area contributed by atoms with Gasteiger partial charge in [0.05, 0.1) is 13.7 Å². The van der Waals surface area contributed by atoms with Crippen LogP contribution < -0.4 is 0 Å². The van der Waals surface area contributed by atoms with Gasteiger partial charge in [0.1, 0.15) is 6.10 Å². The molecule has 0 bridgehead atoms. The van der Waals surface area contributed by atoms with Crippen LogP contribution in [-0.2, 0) is 19.1 Å². The van der Waals surface area contributed by atoms with Gasteiger partial charge in [-0.05, 0) is 13.8 Å². The van der Waals surface area contributed by atoms with Gasteiger partial charge in [0.15, 0.2) is 0 Å². The lowest BCUT2D eigenvalue weighted by Gasteiger charge is -2.01. The van der Waals surface area contributed by atoms with Gasteiger partial charge in [0.25, 0.3) is 0 Å². The van der Waals surface area contributed by atoms with Crippen LogP contribution >= 0.6 is 0 Å². The highest BCUT2D eigenvalue weighted by molar-refractivity contribution is 5.73. The Labute approximate surface area is 77.6 Å². The first-order valence-electron chi connectivity index (χ1n) is 3.84. The normalized spacial score (nSPS) is 10.5. The smallest absolute Gasteiger partial charge is 0.334 e. The lowest BCUT2D eigenvalue weighted by atomic mass is 10.4. The van der Waals surface area contributed by atoms with E-state index in [4.69, 9.17) is 5.11 Å². The van der Waals surface area contributed by atoms with Crippen molar-refractivity contribution < 1.29 is 24.2 Å². The topological polar surface area (TPSA) is 72.8 Å². The molecule has 0 rings (SSSR count). The van der Waals surface area contributed by atoms with Gasteiger partial charge in [-0.1, -0.05) is 0 Å². The van der Waals surface area contributed by atoms with Crippen LogP contribution in [0.25, 0.3) is 0 Å². The lowest BCUT2D eigenvalue weighted by Crippen LogP contribution is -2.18. The van der Waals surface area contributed by atoms with E-state index in [9.17, 15) is 9.59 Å². The molecular formula is C8H16O5. The zero-order chi connectivity index (χ0) is 10.9. The van der Waals surface area contributed by atoms with Gasteiger partial charge in [0, 0.05) is 6.92 Å². The molecule has 0 saturated carbocycles. The summed E-state index contributed by atoms with van der Waals surface area (Å²) in [6, 6.07) is 0. The maximum absolute atomic E-state index is 10.3. The first-order chi connectivity index (χ1) is 5.95. The van der Waals surface area contributed by atoms with Crippen LogP contribution in [0.4, 0.5) is 0 Å². The van der Waals surface area contributed by atoms with Crippen molar-refractivity contribution in [3.63, 3.8) is 0 Å². The third-order valence-electron chi connectivity index (χ3n) is 0.915. The minimum Gasteiger partial charge on any atom is -0.469 e. The van der Waals surface area contributed by atoms with Crippen LogP contribution in [0.3, 0.4) is 0 Å². The Morgan fingerprint density at radius 3 is 1.92 bits per heavy atom. The molecule has 0 amide bonds. The molecule has 0 saturated heterocycles. The van der Waals surface area contributed by atoms with Crippen molar-refractivity contribution in [1.29, 1.82) is 0 Å². The van der Waals surface area contributed by atoms with E-state index in [0.29, 0.717) is 6.61 Å². The first kappa shape index (κ1) is 14.4. The van der Waals surface area contributed by atoms with Crippen molar-refractivity contribution in [3.05, 3.63) is 0 Å². The van der Waals surface area contributed by atoms with Gasteiger partial charge in [-0.2, -0.15) is 0 Å². The minimum atomic E-state index is -0.991. The lowest BCUT2D eigenvalue weighted by molar-refractivity contribution is -0.151. The second-order valence-electron chi connectivity index (χ2n) is 2.12. The van der Waals surface area contributed by atoms with E-state index < -0.39 is 12.1 Å². The molecule has 5 nitrogen and oxygen atoms in total. The molecule has 0 heterocycles. The molecule has 78 valence electrons. The van der Waals surface area contributed by atoms with E-state index in [-0.39, 0.29) is 5.97 Å². The van der Waals surface area contributed by atoms with Crippen LogP contribution in [-0.4, -0.2) is 36.9 Å². The van der Waals surface area contributed by atoms with E-state index in [1.165, 1.54) is 21.0 Å². The van der Waals surface area contributed by atoms with Gasteiger partial charge in [-0.25, -0.2) is 4.79 Å². The average molecular weight is 192 g/mol. The highest BCUT2D eigenvalue weighted by atomic mass is 16.5. The van der Waals surface area contributed by atoms with Crippen molar-refractivity contribution in [1.82, 2.24) is 0 Å². The molecule has 0 aliphatic carbocycles. The number of rotatable bonds is 2. The fraction of sp³-hybridized carbons (Fsp3) is 0.750. The summed E-state index contributed by atoms with van der Waals surface area (Å²) in [7, 11) is 1.35. The van der Waals surface area contributed by atoms with Crippen molar-refractivity contribution in [2.45, 2.75) is 26.9 Å². The predicted molar refractivity (Wildman–Crippen MR) is 46.0 cm³/mol. The number of carbonyl (C=O) groups is 2. The molecule has 0 aromatic rings. The summed E-state index contributed by atoms with van der Waals surface area (Å²) in [5, 5.41) is 8.48. The summed E-state index contributed by atoms with van der Waals surface area (Å²) >= 11 is 0. The maximum Gasteiger partial charge on any atom is 0.334 e. The molecule has 0 radical (unpaired) electrons. The summed E-state index contributed by atoms with van der Waals surface area (Å²) in [5.41, 5.74) is 0. The Balaban J connectivity index is 0. The SMILES string of the molecule is CCOC(=O)C(C)O.COC(C)=O. The molecule has 1 unspecified atom stereocenters. The number of esters is 2. The number of aliphatic hydroxyl groups excluding tert-OH is 1. The van der Waals surface area contributed by atoms with Crippen LogP contribution in [0.1, 0.15) is 20.8 Å². The molecule has 0 aliphatic rings. The Bertz CT molecular complexity index is 153. The molecule has 0 spiro atoms. The fourth-order valence-corrected chi connectivity index (χ4v) is 0.263. The average Bonchev–Trinajstić information content (AvgIpc) is 2.06. The number of ether oxygens (including phenoxy) is 2. The summed E-state index contributed by atoms with van der Waals surface area (Å²) in [5.74, 6) is -0.808. The number of hydrogen-bond donors (Lipinski definition) is 1. The molecular weight excluding hydrogens is 176 g/mol. The third-order valence-corrected chi connectivity index (χ3v) is 0.915. The Morgan fingerprint density at radius 1 is 1.46 bits per heavy atom. The van der Waals surface area contributed by atoms with E-state index >= 15 is 0 Å². The number of carbonyl (C=O) groups excluding carboxylic acids is 2. The van der Waals surface area contributed by atoms with Crippen molar-refractivity contribution in [3.8, 4) is 0 Å². The number of methoxy groups -OCH3 is 1. The Kier molecular flexibility index (Phi) is 9.98. The standard InChI is InChI=1S/C5H10O3.C3H6O2/c1-3-8-5(7)4(2)6;1-3(4)5-2/h4,6H,3H2,1-2H3;1-2H3. The van der Waals surface area contributed by atoms with Gasteiger partial charge < -0.3 is 14.6 Å². The molecule has 13 heavy (non-hydrogen) atoms. The van der Waals surface area contributed by atoms with Crippen molar-refractivity contribution >= 4 is 11.9 Å². The summed E-state index contributed by atoms with van der Waals surface area (Å²) in [6.45, 7) is 4.75. The Hall–Kier alpha value is -1.10. The van der Waals surface area contributed by atoms with Gasteiger partial charge in [0.2, 0.25) is 0 Å². The van der Waals surface area contributed by atoms with Crippen LogP contribution in [0, 0.1) is 0 Å². The van der Waals surface area contributed by atoms with E-state index in [2.05, 4.69) is 9.47 Å². The second kappa shape index (κ2) is 8.99. The van der Waals surface area contributed by atoms with Gasteiger partial charge >= 0.3 is 11.9 Å². The molecule has 0 aromatic carbocycles. The molecule has 0 aromatic heterocycles. The van der Waals surface area contributed by atoms with Crippen molar-refractivity contribution in [2.75, 3.05) is 13.7 Å². The molecule has 0 fully saturated rings. The summed E-state index contributed by atoms with van der Waals surface area (Å²) in [6.07, 6.45) is -0.991. The maximum atomic E-state index is 10.3. The molecule has 1 N–H and O–H groups in total. The highest BCUT2D eigenvalue weighted by Crippen LogP contribution is 1.84. The second-order valence-corrected chi connectivity index (χ2v) is 2.12. The third kappa shape index (κ3) is 13.8. The van der Waals surface area contributed by atoms with E-state index in [0.717, 1.165) is 0 Å². The van der Waals surface area contributed by atoms with Crippen LogP contribution in [0.15, 0.2) is 0 Å². The van der Waals surface area contributed by atoms with Gasteiger partial charge in [-0.15, -0.1) is 0 Å². The highest BCUT2D eigenvalue weighted by Gasteiger charge is 2.07. The van der Waals surface area contributed by atoms with Gasteiger partial charge in [-0.3, -0.25) is 4.79 Å².